The molecule has 4 heteroatoms. The highest BCUT2D eigenvalue weighted by Gasteiger charge is 2.18. The molecule has 3 nitrogen and oxygen atoms in total. The quantitative estimate of drug-likeness (QED) is 0.659. The average molecular weight is 260 g/mol. The van der Waals surface area contributed by atoms with Crippen LogP contribution in [0.5, 0.6) is 0 Å². The fourth-order valence-corrected chi connectivity index (χ4v) is 3.17. The lowest BCUT2D eigenvalue weighted by molar-refractivity contribution is 0.134. The number of fused-ring (bicyclic) bond motifs is 1. The molecule has 0 spiro atoms. The lowest BCUT2D eigenvalue weighted by atomic mass is 9.97. The third kappa shape index (κ3) is 1.97. The van der Waals surface area contributed by atoms with Gasteiger partial charge < -0.3 is 4.74 Å². The van der Waals surface area contributed by atoms with Crippen molar-refractivity contribution in [1.82, 2.24) is 5.43 Å². The number of thiophene rings is 1. The molecule has 1 aliphatic rings. The van der Waals surface area contributed by atoms with Crippen molar-refractivity contribution in [3.05, 3.63) is 56.8 Å². The van der Waals surface area contributed by atoms with Gasteiger partial charge in [-0.1, -0.05) is 18.2 Å². The molecule has 0 radical (unpaired) electrons. The van der Waals surface area contributed by atoms with Gasteiger partial charge in [-0.25, -0.2) is 5.43 Å². The molecule has 1 atom stereocenters. The van der Waals surface area contributed by atoms with Crippen molar-refractivity contribution in [1.29, 1.82) is 0 Å². The van der Waals surface area contributed by atoms with E-state index in [0.717, 1.165) is 6.61 Å². The fourth-order valence-electron chi connectivity index (χ4n) is 2.43. The van der Waals surface area contributed by atoms with Crippen molar-refractivity contribution in [2.75, 3.05) is 0 Å². The molecule has 1 aromatic carbocycles. The highest BCUT2D eigenvalue weighted by molar-refractivity contribution is 7.10. The van der Waals surface area contributed by atoms with Gasteiger partial charge in [0.2, 0.25) is 0 Å². The fraction of sp³-hybridized carbons (Fsp3) is 0.286. The van der Waals surface area contributed by atoms with Gasteiger partial charge in [-0.2, -0.15) is 0 Å². The smallest absolute Gasteiger partial charge is 0.0725 e. The predicted octanol–water partition coefficient (Wildman–Crippen LogP) is 2.64. The molecule has 94 valence electrons. The van der Waals surface area contributed by atoms with Crippen LogP contribution in [0.25, 0.3) is 0 Å². The van der Waals surface area contributed by atoms with Crippen molar-refractivity contribution in [2.45, 2.75) is 26.2 Å². The van der Waals surface area contributed by atoms with E-state index in [-0.39, 0.29) is 6.04 Å². The zero-order valence-electron chi connectivity index (χ0n) is 10.3. The van der Waals surface area contributed by atoms with Crippen molar-refractivity contribution >= 4 is 11.3 Å². The van der Waals surface area contributed by atoms with Crippen LogP contribution in [-0.2, 0) is 18.0 Å². The molecule has 0 saturated heterocycles. The number of benzene rings is 1. The van der Waals surface area contributed by atoms with E-state index in [0.29, 0.717) is 6.61 Å². The minimum Gasteiger partial charge on any atom is -0.372 e. The van der Waals surface area contributed by atoms with Crippen molar-refractivity contribution in [2.24, 2.45) is 5.84 Å². The van der Waals surface area contributed by atoms with Crippen LogP contribution in [0, 0.1) is 6.92 Å². The lowest BCUT2D eigenvalue weighted by Gasteiger charge is -2.17. The van der Waals surface area contributed by atoms with Gasteiger partial charge >= 0.3 is 0 Å². The van der Waals surface area contributed by atoms with E-state index in [4.69, 9.17) is 10.6 Å². The first-order chi connectivity index (χ1) is 8.79. The second-order valence-electron chi connectivity index (χ2n) is 4.55. The van der Waals surface area contributed by atoms with Crippen LogP contribution in [0.4, 0.5) is 0 Å². The summed E-state index contributed by atoms with van der Waals surface area (Å²) < 4.78 is 5.45. The number of rotatable bonds is 3. The molecule has 0 bridgehead atoms. The average Bonchev–Trinajstić information content (AvgIpc) is 2.99. The van der Waals surface area contributed by atoms with Crippen LogP contribution in [0.3, 0.4) is 0 Å². The summed E-state index contributed by atoms with van der Waals surface area (Å²) in [6.45, 7) is 3.57. The molecule has 1 aliphatic heterocycles. The zero-order chi connectivity index (χ0) is 12.5. The zero-order valence-corrected chi connectivity index (χ0v) is 11.1. The minimum atomic E-state index is 0.0575. The number of hydrogen-bond donors (Lipinski definition) is 2. The summed E-state index contributed by atoms with van der Waals surface area (Å²) in [5.74, 6) is 5.73. The number of nitrogens with one attached hydrogen (secondary N) is 1. The molecular weight excluding hydrogens is 244 g/mol. The number of aryl methyl sites for hydroxylation is 1. The van der Waals surface area contributed by atoms with E-state index < -0.39 is 0 Å². The van der Waals surface area contributed by atoms with Crippen LogP contribution in [-0.4, -0.2) is 0 Å². The Hall–Kier alpha value is -1.20. The van der Waals surface area contributed by atoms with Gasteiger partial charge in [-0.05, 0) is 40.6 Å². The van der Waals surface area contributed by atoms with Crippen LogP contribution in [0.2, 0.25) is 0 Å². The second kappa shape index (κ2) is 4.82. The highest BCUT2D eigenvalue weighted by Crippen LogP contribution is 2.30. The summed E-state index contributed by atoms with van der Waals surface area (Å²) in [7, 11) is 0. The number of nitrogens with two attached hydrogens (primary N) is 1. The Labute approximate surface area is 111 Å². The Morgan fingerprint density at radius 1 is 1.28 bits per heavy atom. The minimum absolute atomic E-state index is 0.0575. The molecule has 0 fully saturated rings. The largest absolute Gasteiger partial charge is 0.372 e. The Morgan fingerprint density at radius 3 is 2.83 bits per heavy atom. The molecule has 0 aliphatic carbocycles. The summed E-state index contributed by atoms with van der Waals surface area (Å²) in [6, 6.07) is 8.67. The van der Waals surface area contributed by atoms with Crippen LogP contribution in [0.15, 0.2) is 29.6 Å². The van der Waals surface area contributed by atoms with Gasteiger partial charge in [-0.15, -0.1) is 11.3 Å². The Bertz CT molecular complexity index is 565. The van der Waals surface area contributed by atoms with E-state index in [1.54, 1.807) is 11.3 Å². The third-order valence-corrected chi connectivity index (χ3v) is 4.32. The van der Waals surface area contributed by atoms with Crippen molar-refractivity contribution in [3.8, 4) is 0 Å². The molecule has 0 saturated carbocycles. The maximum absolute atomic E-state index is 5.73. The maximum atomic E-state index is 5.73. The van der Waals surface area contributed by atoms with E-state index in [9.17, 15) is 0 Å². The number of ether oxygens (including phenoxy) is 1. The van der Waals surface area contributed by atoms with Crippen molar-refractivity contribution in [3.63, 3.8) is 0 Å². The summed E-state index contributed by atoms with van der Waals surface area (Å²) in [5, 5.41) is 2.10. The monoisotopic (exact) mass is 260 g/mol. The molecule has 3 rings (SSSR count). The van der Waals surface area contributed by atoms with Gasteiger partial charge in [0.05, 0.1) is 19.3 Å². The maximum Gasteiger partial charge on any atom is 0.0725 e. The summed E-state index contributed by atoms with van der Waals surface area (Å²) in [6.07, 6.45) is 0. The normalized spacial score (nSPS) is 15.7. The molecule has 1 aromatic heterocycles. The van der Waals surface area contributed by atoms with Crippen LogP contribution in [0.1, 0.15) is 33.2 Å². The standard InChI is InChI=1S/C14H16N2OS/c1-9-13(4-5-18-9)14(16-15)10-2-3-11-7-17-8-12(11)6-10/h2-6,14,16H,7-8,15H2,1H3. The molecule has 2 heterocycles. The number of hydrazine groups is 1. The van der Waals surface area contributed by atoms with Crippen LogP contribution >= 0.6 is 11.3 Å². The summed E-state index contributed by atoms with van der Waals surface area (Å²) in [4.78, 5) is 1.30. The van der Waals surface area contributed by atoms with Crippen LogP contribution < -0.4 is 11.3 Å². The Kier molecular flexibility index (Phi) is 3.18. The third-order valence-electron chi connectivity index (χ3n) is 3.46. The van der Waals surface area contributed by atoms with E-state index in [1.807, 2.05) is 0 Å². The molecular formula is C14H16N2OS. The molecule has 1 unspecified atom stereocenters. The SMILES string of the molecule is Cc1sccc1C(NN)c1ccc2c(c1)COC2. The van der Waals surface area contributed by atoms with Gasteiger partial charge in [0.15, 0.2) is 0 Å². The number of hydrogen-bond acceptors (Lipinski definition) is 4. The van der Waals surface area contributed by atoms with Gasteiger partial charge in [0.1, 0.15) is 0 Å². The van der Waals surface area contributed by atoms with E-state index in [1.165, 1.54) is 27.1 Å². The van der Waals surface area contributed by atoms with E-state index >= 15 is 0 Å². The lowest BCUT2D eigenvalue weighted by Crippen LogP contribution is -2.29. The van der Waals surface area contributed by atoms with E-state index in [2.05, 4.69) is 42.0 Å². The predicted molar refractivity (Wildman–Crippen MR) is 73.2 cm³/mol. The Morgan fingerprint density at radius 2 is 2.11 bits per heavy atom. The van der Waals surface area contributed by atoms with Gasteiger partial charge in [0.25, 0.3) is 0 Å². The first-order valence-electron chi connectivity index (χ1n) is 5.99. The van der Waals surface area contributed by atoms with Gasteiger partial charge in [-0.3, -0.25) is 5.84 Å². The molecule has 2 aromatic rings. The van der Waals surface area contributed by atoms with Crippen molar-refractivity contribution < 1.29 is 4.74 Å². The summed E-state index contributed by atoms with van der Waals surface area (Å²) >= 11 is 1.75. The van der Waals surface area contributed by atoms with Gasteiger partial charge in [0, 0.05) is 4.88 Å². The second-order valence-corrected chi connectivity index (χ2v) is 5.67. The molecule has 3 N–H and O–H groups in total. The molecule has 0 amide bonds. The topological polar surface area (TPSA) is 47.3 Å². The first kappa shape index (κ1) is 11.9. The Balaban J connectivity index is 2.00. The highest BCUT2D eigenvalue weighted by atomic mass is 32.1. The summed E-state index contributed by atoms with van der Waals surface area (Å²) in [5.41, 5.74) is 7.93. The first-order valence-corrected chi connectivity index (χ1v) is 6.87. The molecule has 18 heavy (non-hydrogen) atoms.